The summed E-state index contributed by atoms with van der Waals surface area (Å²) in [4.78, 5) is 11.3. The molecule has 0 aliphatic heterocycles. The molecule has 3 aliphatic carbocycles. The SMILES string of the molecule is O=C1C2CC(F)(F)C3CC[C@H]1[C@H]23. The number of hydrogen-bond donors (Lipinski definition) is 0. The number of carbonyl (C=O) groups excluding carboxylic acids is 1. The van der Waals surface area contributed by atoms with Crippen LogP contribution in [0.4, 0.5) is 8.78 Å². The molecule has 0 aromatic heterocycles. The van der Waals surface area contributed by atoms with Gasteiger partial charge in [-0.25, -0.2) is 8.78 Å². The highest BCUT2D eigenvalue weighted by Gasteiger charge is 2.69. The Morgan fingerprint density at radius 3 is 2.75 bits per heavy atom. The van der Waals surface area contributed by atoms with Gasteiger partial charge in [0.1, 0.15) is 5.78 Å². The Morgan fingerprint density at radius 1 is 1.25 bits per heavy atom. The average molecular weight is 172 g/mol. The van der Waals surface area contributed by atoms with Crippen LogP contribution in [0, 0.1) is 23.7 Å². The molecule has 0 spiro atoms. The zero-order valence-corrected chi connectivity index (χ0v) is 6.59. The van der Waals surface area contributed by atoms with Crippen LogP contribution in [0.1, 0.15) is 19.3 Å². The lowest BCUT2D eigenvalue weighted by atomic mass is 9.66. The lowest BCUT2D eigenvalue weighted by Gasteiger charge is -2.34. The second-order valence-corrected chi connectivity index (χ2v) is 4.34. The van der Waals surface area contributed by atoms with E-state index in [-0.39, 0.29) is 30.0 Å². The maximum Gasteiger partial charge on any atom is 0.251 e. The molecule has 3 fully saturated rings. The van der Waals surface area contributed by atoms with E-state index < -0.39 is 11.8 Å². The Labute approximate surface area is 69.1 Å². The zero-order chi connectivity index (χ0) is 8.51. The maximum absolute atomic E-state index is 13.2. The molecule has 0 saturated heterocycles. The summed E-state index contributed by atoms with van der Waals surface area (Å²) in [5.74, 6) is -3.04. The Hall–Kier alpha value is -0.470. The van der Waals surface area contributed by atoms with Crippen molar-refractivity contribution < 1.29 is 13.6 Å². The summed E-state index contributed by atoms with van der Waals surface area (Å²) in [6.07, 6.45) is 1.14. The number of ketones is 1. The van der Waals surface area contributed by atoms with Crippen molar-refractivity contribution in [3.63, 3.8) is 0 Å². The quantitative estimate of drug-likeness (QED) is 0.545. The third-order valence-corrected chi connectivity index (χ3v) is 3.95. The molecule has 66 valence electrons. The summed E-state index contributed by atoms with van der Waals surface area (Å²) in [6.45, 7) is 0. The van der Waals surface area contributed by atoms with Crippen molar-refractivity contribution in [1.82, 2.24) is 0 Å². The summed E-state index contributed by atoms with van der Waals surface area (Å²) in [6, 6.07) is 0. The van der Waals surface area contributed by atoms with E-state index in [0.717, 1.165) is 6.42 Å². The predicted octanol–water partition coefficient (Wildman–Crippen LogP) is 1.87. The van der Waals surface area contributed by atoms with Crippen molar-refractivity contribution in [1.29, 1.82) is 0 Å². The van der Waals surface area contributed by atoms with Crippen molar-refractivity contribution in [3.8, 4) is 0 Å². The molecule has 0 aromatic rings. The molecule has 0 N–H and O–H groups in total. The Morgan fingerprint density at radius 2 is 2.00 bits per heavy atom. The van der Waals surface area contributed by atoms with E-state index in [4.69, 9.17) is 0 Å². The molecule has 3 heteroatoms. The number of Topliss-reactive ketones (excluding diaryl/α,β-unsaturated/α-hetero) is 1. The van der Waals surface area contributed by atoms with E-state index in [9.17, 15) is 13.6 Å². The molecule has 0 aromatic carbocycles. The van der Waals surface area contributed by atoms with Crippen LogP contribution >= 0.6 is 0 Å². The fourth-order valence-electron chi connectivity index (χ4n) is 3.44. The zero-order valence-electron chi connectivity index (χ0n) is 6.59. The fourth-order valence-corrected chi connectivity index (χ4v) is 3.44. The molecule has 3 rings (SSSR count). The van der Waals surface area contributed by atoms with Gasteiger partial charge in [-0.05, 0) is 18.8 Å². The van der Waals surface area contributed by atoms with Gasteiger partial charge in [-0.1, -0.05) is 0 Å². The van der Waals surface area contributed by atoms with Gasteiger partial charge < -0.3 is 0 Å². The molecule has 12 heavy (non-hydrogen) atoms. The molecule has 0 amide bonds. The first-order valence-electron chi connectivity index (χ1n) is 4.53. The fraction of sp³-hybridized carbons (Fsp3) is 0.889. The average Bonchev–Trinajstić information content (AvgIpc) is 2.48. The number of rotatable bonds is 0. The van der Waals surface area contributed by atoms with E-state index in [1.165, 1.54) is 0 Å². The molecule has 4 atom stereocenters. The Bertz CT molecular complexity index is 261. The summed E-state index contributed by atoms with van der Waals surface area (Å²) >= 11 is 0. The molecular formula is C9H10F2O. The lowest BCUT2D eigenvalue weighted by Crippen LogP contribution is -2.42. The summed E-state index contributed by atoms with van der Waals surface area (Å²) < 4.78 is 26.4. The minimum atomic E-state index is -2.53. The van der Waals surface area contributed by atoms with Crippen LogP contribution in [-0.4, -0.2) is 11.7 Å². The van der Waals surface area contributed by atoms with Gasteiger partial charge in [0.2, 0.25) is 0 Å². The van der Waals surface area contributed by atoms with Crippen molar-refractivity contribution >= 4 is 5.78 Å². The first-order valence-corrected chi connectivity index (χ1v) is 4.53. The van der Waals surface area contributed by atoms with Gasteiger partial charge in [0.15, 0.2) is 0 Å². The van der Waals surface area contributed by atoms with Crippen molar-refractivity contribution in [2.75, 3.05) is 0 Å². The van der Waals surface area contributed by atoms with Crippen LogP contribution in [0.15, 0.2) is 0 Å². The Kier molecular flexibility index (Phi) is 1.01. The molecule has 3 aliphatic rings. The van der Waals surface area contributed by atoms with Crippen LogP contribution < -0.4 is 0 Å². The third kappa shape index (κ3) is 0.549. The highest BCUT2D eigenvalue weighted by Crippen LogP contribution is 2.64. The van der Waals surface area contributed by atoms with Gasteiger partial charge in [-0.2, -0.15) is 0 Å². The lowest BCUT2D eigenvalue weighted by molar-refractivity contribution is -0.139. The number of carbonyl (C=O) groups is 1. The molecule has 2 unspecified atom stereocenters. The van der Waals surface area contributed by atoms with E-state index >= 15 is 0 Å². The normalized spacial score (nSPS) is 53.7. The number of halogens is 2. The highest BCUT2D eigenvalue weighted by atomic mass is 19.3. The van der Waals surface area contributed by atoms with Gasteiger partial charge in [-0.3, -0.25) is 4.79 Å². The second kappa shape index (κ2) is 1.73. The Balaban J connectivity index is 2.01. The van der Waals surface area contributed by atoms with Gasteiger partial charge in [0, 0.05) is 24.2 Å². The van der Waals surface area contributed by atoms with Crippen molar-refractivity contribution in [3.05, 3.63) is 0 Å². The summed E-state index contributed by atoms with van der Waals surface area (Å²) in [5, 5.41) is 0. The van der Waals surface area contributed by atoms with E-state index in [0.29, 0.717) is 6.42 Å². The van der Waals surface area contributed by atoms with E-state index in [1.54, 1.807) is 0 Å². The topological polar surface area (TPSA) is 17.1 Å². The van der Waals surface area contributed by atoms with E-state index in [2.05, 4.69) is 0 Å². The van der Waals surface area contributed by atoms with Gasteiger partial charge >= 0.3 is 0 Å². The molecule has 3 saturated carbocycles. The smallest absolute Gasteiger partial charge is 0.251 e. The second-order valence-electron chi connectivity index (χ2n) is 4.34. The van der Waals surface area contributed by atoms with Crippen molar-refractivity contribution in [2.24, 2.45) is 23.7 Å². The molecule has 0 bridgehead atoms. The minimum Gasteiger partial charge on any atom is -0.299 e. The molecular weight excluding hydrogens is 162 g/mol. The predicted molar refractivity (Wildman–Crippen MR) is 37.8 cm³/mol. The van der Waals surface area contributed by atoms with Gasteiger partial charge in [0.05, 0.1) is 0 Å². The standard InChI is InChI=1S/C9H10F2O/c10-9(11)3-5-7-4(8(5)12)1-2-6(7)9/h4-7H,1-3H2/t4-,5?,6?,7+/m0/s1. The van der Waals surface area contributed by atoms with Crippen LogP contribution in [-0.2, 0) is 4.79 Å². The molecule has 1 nitrogen and oxygen atoms in total. The van der Waals surface area contributed by atoms with Crippen LogP contribution in [0.2, 0.25) is 0 Å². The van der Waals surface area contributed by atoms with Crippen LogP contribution in [0.3, 0.4) is 0 Å². The van der Waals surface area contributed by atoms with E-state index in [1.807, 2.05) is 0 Å². The number of hydrogen-bond acceptors (Lipinski definition) is 1. The van der Waals surface area contributed by atoms with Crippen LogP contribution in [0.25, 0.3) is 0 Å². The first kappa shape index (κ1) is 6.98. The number of alkyl halides is 2. The highest BCUT2D eigenvalue weighted by molar-refractivity contribution is 5.91. The van der Waals surface area contributed by atoms with Crippen LogP contribution in [0.5, 0.6) is 0 Å². The van der Waals surface area contributed by atoms with Gasteiger partial charge in [-0.15, -0.1) is 0 Å². The molecule has 0 radical (unpaired) electrons. The largest absolute Gasteiger partial charge is 0.299 e. The monoisotopic (exact) mass is 172 g/mol. The maximum atomic E-state index is 13.2. The summed E-state index contributed by atoms with van der Waals surface area (Å²) in [7, 11) is 0. The molecule has 0 heterocycles. The van der Waals surface area contributed by atoms with Crippen molar-refractivity contribution in [2.45, 2.75) is 25.2 Å². The van der Waals surface area contributed by atoms with Gasteiger partial charge in [0.25, 0.3) is 5.92 Å². The third-order valence-electron chi connectivity index (χ3n) is 3.95. The summed E-state index contributed by atoms with van der Waals surface area (Å²) in [5.41, 5.74) is 0. The minimum absolute atomic E-state index is 0.0216. The first-order chi connectivity index (χ1) is 5.61.